The Balaban J connectivity index is 1.96. The first-order valence-corrected chi connectivity index (χ1v) is 7.67. The Bertz CT molecular complexity index is 293. The monoisotopic (exact) mass is 268 g/mol. The largest absolute Gasteiger partial charge is 0.385 e. The van der Waals surface area contributed by atoms with E-state index in [1.54, 1.807) is 7.11 Å². The lowest BCUT2D eigenvalue weighted by Crippen LogP contribution is -2.49. The van der Waals surface area contributed by atoms with E-state index in [0.29, 0.717) is 18.6 Å². The van der Waals surface area contributed by atoms with Crippen LogP contribution in [0.15, 0.2) is 0 Å². The summed E-state index contributed by atoms with van der Waals surface area (Å²) in [5, 5.41) is 3.32. The molecule has 1 saturated carbocycles. The van der Waals surface area contributed by atoms with Gasteiger partial charge in [-0.2, -0.15) is 0 Å². The van der Waals surface area contributed by atoms with Crippen molar-refractivity contribution in [3.63, 3.8) is 0 Å². The maximum absolute atomic E-state index is 12.9. The summed E-state index contributed by atoms with van der Waals surface area (Å²) in [6, 6.07) is 0.586. The van der Waals surface area contributed by atoms with E-state index in [4.69, 9.17) is 4.74 Å². The Morgan fingerprint density at radius 3 is 2.47 bits per heavy atom. The van der Waals surface area contributed by atoms with Crippen LogP contribution < -0.4 is 5.32 Å². The number of piperidine rings is 1. The maximum atomic E-state index is 12.9. The minimum Gasteiger partial charge on any atom is -0.385 e. The summed E-state index contributed by atoms with van der Waals surface area (Å²) >= 11 is 0. The zero-order valence-corrected chi connectivity index (χ0v) is 12.4. The molecule has 4 heteroatoms. The van der Waals surface area contributed by atoms with Gasteiger partial charge in [0.15, 0.2) is 0 Å². The lowest BCUT2D eigenvalue weighted by Gasteiger charge is -2.38. The van der Waals surface area contributed by atoms with Crippen LogP contribution in [0, 0.1) is 5.41 Å². The summed E-state index contributed by atoms with van der Waals surface area (Å²) < 4.78 is 5.22. The van der Waals surface area contributed by atoms with Crippen LogP contribution in [0.1, 0.15) is 44.9 Å². The van der Waals surface area contributed by atoms with E-state index in [2.05, 4.69) is 10.2 Å². The minimum atomic E-state index is -0.109. The topological polar surface area (TPSA) is 41.6 Å². The summed E-state index contributed by atoms with van der Waals surface area (Å²) in [5.74, 6) is 0.400. The van der Waals surface area contributed by atoms with E-state index in [0.717, 1.165) is 45.2 Å². The third-order valence-electron chi connectivity index (χ3n) is 4.99. The molecule has 2 rings (SSSR count). The predicted octanol–water partition coefficient (Wildman–Crippen LogP) is 1.79. The van der Waals surface area contributed by atoms with Gasteiger partial charge >= 0.3 is 0 Å². The van der Waals surface area contributed by atoms with Gasteiger partial charge in [-0.15, -0.1) is 0 Å². The van der Waals surface area contributed by atoms with Crippen molar-refractivity contribution in [3.05, 3.63) is 0 Å². The average molecular weight is 268 g/mol. The molecular formula is C15H28N2O2. The van der Waals surface area contributed by atoms with E-state index in [-0.39, 0.29) is 5.41 Å². The molecule has 0 bridgehead atoms. The van der Waals surface area contributed by atoms with Gasteiger partial charge < -0.3 is 15.0 Å². The number of amides is 1. The Morgan fingerprint density at radius 2 is 1.95 bits per heavy atom. The second-order valence-electron chi connectivity index (χ2n) is 6.09. The third kappa shape index (κ3) is 3.29. The molecule has 1 aliphatic carbocycles. The number of nitrogens with zero attached hydrogens (tertiary/aromatic N) is 1. The van der Waals surface area contributed by atoms with Crippen molar-refractivity contribution in [3.8, 4) is 0 Å². The van der Waals surface area contributed by atoms with Crippen molar-refractivity contribution in [1.29, 1.82) is 0 Å². The summed E-state index contributed by atoms with van der Waals surface area (Å²) in [6.45, 7) is 2.54. The molecule has 0 atom stereocenters. The molecule has 19 heavy (non-hydrogen) atoms. The normalized spacial score (nSPS) is 23.8. The van der Waals surface area contributed by atoms with Crippen LogP contribution in [0.5, 0.6) is 0 Å². The first kappa shape index (κ1) is 14.8. The molecule has 1 N–H and O–H groups in total. The van der Waals surface area contributed by atoms with E-state index in [9.17, 15) is 4.79 Å². The van der Waals surface area contributed by atoms with E-state index < -0.39 is 0 Å². The second-order valence-corrected chi connectivity index (χ2v) is 6.09. The molecule has 110 valence electrons. The first-order chi connectivity index (χ1) is 9.22. The number of hydrogen-bond acceptors (Lipinski definition) is 3. The first-order valence-electron chi connectivity index (χ1n) is 7.67. The fraction of sp³-hybridized carbons (Fsp3) is 0.933. The molecular weight excluding hydrogens is 240 g/mol. The maximum Gasteiger partial charge on any atom is 0.228 e. The Morgan fingerprint density at radius 1 is 1.32 bits per heavy atom. The van der Waals surface area contributed by atoms with Gasteiger partial charge in [0.2, 0.25) is 5.91 Å². The predicted molar refractivity (Wildman–Crippen MR) is 76.1 cm³/mol. The molecule has 0 aromatic rings. The SMILES string of the molecule is CNC1CCN(C(=O)C2(CCOC)CCCC2)CC1. The molecule has 0 radical (unpaired) electrons. The van der Waals surface area contributed by atoms with Gasteiger partial charge in [-0.25, -0.2) is 0 Å². The Kier molecular flexibility index (Phi) is 5.22. The quantitative estimate of drug-likeness (QED) is 0.826. The number of carbonyl (C=O) groups is 1. The number of rotatable bonds is 5. The van der Waals surface area contributed by atoms with Crippen molar-refractivity contribution in [2.75, 3.05) is 33.9 Å². The summed E-state index contributed by atoms with van der Waals surface area (Å²) in [6.07, 6.45) is 7.58. The highest BCUT2D eigenvalue weighted by atomic mass is 16.5. The van der Waals surface area contributed by atoms with Crippen LogP contribution in [0.2, 0.25) is 0 Å². The summed E-state index contributed by atoms with van der Waals surface area (Å²) in [5.41, 5.74) is -0.109. The van der Waals surface area contributed by atoms with Crippen molar-refractivity contribution in [1.82, 2.24) is 10.2 Å². The number of methoxy groups -OCH3 is 1. The Labute approximate surface area is 116 Å². The van der Waals surface area contributed by atoms with E-state index >= 15 is 0 Å². The van der Waals surface area contributed by atoms with Crippen LogP contribution in [0.3, 0.4) is 0 Å². The zero-order valence-electron chi connectivity index (χ0n) is 12.4. The zero-order chi connectivity index (χ0) is 13.7. The highest BCUT2D eigenvalue weighted by Gasteiger charge is 2.43. The highest BCUT2D eigenvalue weighted by molar-refractivity contribution is 5.83. The molecule has 1 aliphatic heterocycles. The fourth-order valence-corrected chi connectivity index (χ4v) is 3.63. The number of hydrogen-bond donors (Lipinski definition) is 1. The number of nitrogens with one attached hydrogen (secondary N) is 1. The van der Waals surface area contributed by atoms with Crippen molar-refractivity contribution < 1.29 is 9.53 Å². The summed E-state index contributed by atoms with van der Waals surface area (Å²) in [7, 11) is 3.74. The molecule has 0 aromatic carbocycles. The lowest BCUT2D eigenvalue weighted by molar-refractivity contribution is -0.144. The second kappa shape index (κ2) is 6.71. The number of ether oxygens (including phenoxy) is 1. The van der Waals surface area contributed by atoms with Crippen molar-refractivity contribution in [2.45, 2.75) is 51.0 Å². The fourth-order valence-electron chi connectivity index (χ4n) is 3.63. The molecule has 2 fully saturated rings. The lowest BCUT2D eigenvalue weighted by atomic mass is 9.81. The molecule has 0 unspecified atom stereocenters. The van der Waals surface area contributed by atoms with Crippen molar-refractivity contribution >= 4 is 5.91 Å². The molecule has 1 heterocycles. The van der Waals surface area contributed by atoms with Gasteiger partial charge in [0.25, 0.3) is 0 Å². The van der Waals surface area contributed by atoms with E-state index in [1.165, 1.54) is 12.8 Å². The van der Waals surface area contributed by atoms with Crippen LogP contribution in [0.4, 0.5) is 0 Å². The van der Waals surface area contributed by atoms with Crippen LogP contribution in [0.25, 0.3) is 0 Å². The molecule has 4 nitrogen and oxygen atoms in total. The van der Waals surface area contributed by atoms with Gasteiger partial charge in [0.05, 0.1) is 5.41 Å². The van der Waals surface area contributed by atoms with Crippen LogP contribution >= 0.6 is 0 Å². The van der Waals surface area contributed by atoms with Crippen molar-refractivity contribution in [2.24, 2.45) is 5.41 Å². The van der Waals surface area contributed by atoms with Gasteiger partial charge in [0.1, 0.15) is 0 Å². The average Bonchev–Trinajstić information content (AvgIpc) is 2.94. The molecule has 0 aromatic heterocycles. The number of likely N-dealkylation sites (tertiary alicyclic amines) is 1. The van der Waals surface area contributed by atoms with Gasteiger partial charge in [-0.3, -0.25) is 4.79 Å². The van der Waals surface area contributed by atoms with E-state index in [1.807, 2.05) is 7.05 Å². The van der Waals surface area contributed by atoms with Gasteiger partial charge in [-0.05, 0) is 39.2 Å². The molecule has 1 saturated heterocycles. The highest BCUT2D eigenvalue weighted by Crippen LogP contribution is 2.43. The minimum absolute atomic E-state index is 0.109. The number of carbonyl (C=O) groups excluding carboxylic acids is 1. The van der Waals surface area contributed by atoms with Crippen LogP contribution in [-0.4, -0.2) is 50.7 Å². The van der Waals surface area contributed by atoms with Gasteiger partial charge in [0, 0.05) is 32.8 Å². The smallest absolute Gasteiger partial charge is 0.228 e. The van der Waals surface area contributed by atoms with Crippen LogP contribution in [-0.2, 0) is 9.53 Å². The summed E-state index contributed by atoms with van der Waals surface area (Å²) in [4.78, 5) is 15.0. The molecule has 0 spiro atoms. The standard InChI is InChI=1S/C15H28N2O2/c1-16-13-5-10-17(11-6-13)14(18)15(9-12-19-2)7-3-4-8-15/h13,16H,3-12H2,1-2H3. The third-order valence-corrected chi connectivity index (χ3v) is 4.99. The molecule has 2 aliphatic rings. The molecule has 1 amide bonds. The van der Waals surface area contributed by atoms with Gasteiger partial charge in [-0.1, -0.05) is 12.8 Å². The Hall–Kier alpha value is -0.610.